The van der Waals surface area contributed by atoms with Crippen molar-refractivity contribution in [3.63, 3.8) is 0 Å². The predicted octanol–water partition coefficient (Wildman–Crippen LogP) is 1.89. The van der Waals surface area contributed by atoms with E-state index in [9.17, 15) is 24.3 Å². The Bertz CT molecular complexity index is 513. The van der Waals surface area contributed by atoms with Crippen LogP contribution in [-0.2, 0) is 19.2 Å². The van der Waals surface area contributed by atoms with Gasteiger partial charge in [0.25, 0.3) is 0 Å². The van der Waals surface area contributed by atoms with Crippen molar-refractivity contribution in [2.24, 2.45) is 0 Å². The molecule has 0 heterocycles. The van der Waals surface area contributed by atoms with Gasteiger partial charge in [-0.15, -0.1) is 0 Å². The summed E-state index contributed by atoms with van der Waals surface area (Å²) < 4.78 is 0. The molecule has 0 aliphatic rings. The van der Waals surface area contributed by atoms with Crippen LogP contribution < -0.4 is 45.3 Å². The van der Waals surface area contributed by atoms with E-state index in [4.69, 9.17) is 5.11 Å². The van der Waals surface area contributed by atoms with Gasteiger partial charge in [0.1, 0.15) is 6.54 Å². The van der Waals surface area contributed by atoms with E-state index in [1.807, 2.05) is 0 Å². The van der Waals surface area contributed by atoms with Crippen LogP contribution >= 0.6 is 0 Å². The third-order valence-corrected chi connectivity index (χ3v) is 5.88. The van der Waals surface area contributed by atoms with Crippen molar-refractivity contribution in [3.8, 4) is 0 Å². The molecule has 0 spiro atoms. The zero-order valence-corrected chi connectivity index (χ0v) is 26.0. The molecule has 0 saturated carbocycles. The number of hydrogen-bond acceptors (Lipinski definition) is 5. The van der Waals surface area contributed by atoms with E-state index in [2.05, 4.69) is 24.5 Å². The SMILES string of the molecule is CCCCCCCCCCCC(=O)NCC(=O)O.CCCCCCCCCCCC(=O)NCC(=O)[O-].[Na+]. The van der Waals surface area contributed by atoms with Crippen LogP contribution in [0, 0.1) is 0 Å². The summed E-state index contributed by atoms with van der Waals surface area (Å²) in [5, 5.41) is 23.2. The monoisotopic (exact) mass is 536 g/mol. The Balaban J connectivity index is -0.000000608. The molecule has 0 aromatic rings. The van der Waals surface area contributed by atoms with Gasteiger partial charge in [-0.25, -0.2) is 0 Å². The maximum absolute atomic E-state index is 11.2. The largest absolute Gasteiger partial charge is 1.00 e. The van der Waals surface area contributed by atoms with Crippen molar-refractivity contribution in [2.45, 2.75) is 142 Å². The minimum absolute atomic E-state index is 0. The molecule has 0 bridgehead atoms. The summed E-state index contributed by atoms with van der Waals surface area (Å²) in [6.07, 6.45) is 22.7. The Kier molecular flexibility index (Phi) is 35.9. The average Bonchev–Trinajstić information content (AvgIpc) is 2.84. The topological polar surface area (TPSA) is 136 Å². The van der Waals surface area contributed by atoms with Crippen LogP contribution in [0.5, 0.6) is 0 Å². The van der Waals surface area contributed by atoms with Crippen molar-refractivity contribution < 1.29 is 58.9 Å². The summed E-state index contributed by atoms with van der Waals surface area (Å²) in [5.41, 5.74) is 0. The average molecular weight is 537 g/mol. The fourth-order valence-electron chi connectivity index (χ4n) is 3.71. The molecule has 9 heteroatoms. The number of amides is 2. The van der Waals surface area contributed by atoms with Gasteiger partial charge in [-0.3, -0.25) is 14.4 Å². The summed E-state index contributed by atoms with van der Waals surface area (Å²) in [6, 6.07) is 0. The number of carbonyl (C=O) groups is 4. The van der Waals surface area contributed by atoms with E-state index >= 15 is 0 Å². The zero-order valence-electron chi connectivity index (χ0n) is 24.0. The molecule has 0 aliphatic heterocycles. The van der Waals surface area contributed by atoms with E-state index in [0.29, 0.717) is 12.8 Å². The fourth-order valence-corrected chi connectivity index (χ4v) is 3.71. The first kappa shape index (κ1) is 40.4. The molecule has 212 valence electrons. The minimum atomic E-state index is -1.24. The van der Waals surface area contributed by atoms with Gasteiger partial charge < -0.3 is 25.6 Å². The summed E-state index contributed by atoms with van der Waals surface area (Å²) in [5.74, 6) is -2.58. The van der Waals surface area contributed by atoms with Crippen molar-refractivity contribution in [2.75, 3.05) is 13.1 Å². The van der Waals surface area contributed by atoms with Gasteiger partial charge in [0, 0.05) is 12.8 Å². The normalized spacial score (nSPS) is 10.0. The molecule has 0 unspecified atom stereocenters. The Morgan fingerprint density at radius 2 is 0.838 bits per heavy atom. The third-order valence-electron chi connectivity index (χ3n) is 5.88. The van der Waals surface area contributed by atoms with E-state index in [0.717, 1.165) is 25.7 Å². The zero-order chi connectivity index (χ0) is 27.3. The first-order valence-corrected chi connectivity index (χ1v) is 14.3. The van der Waals surface area contributed by atoms with Crippen molar-refractivity contribution in [3.05, 3.63) is 0 Å². The molecule has 0 atom stereocenters. The second-order valence-electron chi connectivity index (χ2n) is 9.48. The van der Waals surface area contributed by atoms with Crippen molar-refractivity contribution in [1.82, 2.24) is 10.6 Å². The number of carboxylic acid groups (broad SMARTS) is 2. The van der Waals surface area contributed by atoms with E-state index < -0.39 is 11.9 Å². The number of hydrogen-bond donors (Lipinski definition) is 3. The number of nitrogens with one attached hydrogen (secondary N) is 2. The van der Waals surface area contributed by atoms with Gasteiger partial charge in [0.15, 0.2) is 0 Å². The smallest absolute Gasteiger partial charge is 0.548 e. The van der Waals surface area contributed by atoms with Crippen LogP contribution in [0.1, 0.15) is 142 Å². The Hall–Kier alpha value is -1.12. The van der Waals surface area contributed by atoms with Gasteiger partial charge in [-0.2, -0.15) is 0 Å². The molecule has 0 radical (unpaired) electrons. The van der Waals surface area contributed by atoms with Crippen molar-refractivity contribution in [1.29, 1.82) is 0 Å². The number of aliphatic carboxylic acids is 2. The number of rotatable bonds is 24. The molecular formula is C28H53N2NaO6. The van der Waals surface area contributed by atoms with Crippen LogP contribution in [-0.4, -0.2) is 41.9 Å². The Morgan fingerprint density at radius 3 is 1.14 bits per heavy atom. The predicted molar refractivity (Wildman–Crippen MR) is 142 cm³/mol. The van der Waals surface area contributed by atoms with Gasteiger partial charge in [0.05, 0.1) is 12.5 Å². The number of carboxylic acids is 2. The molecule has 0 saturated heterocycles. The second-order valence-corrected chi connectivity index (χ2v) is 9.48. The first-order valence-electron chi connectivity index (χ1n) is 14.3. The van der Waals surface area contributed by atoms with E-state index in [-0.39, 0.29) is 54.5 Å². The van der Waals surface area contributed by atoms with Gasteiger partial charge >= 0.3 is 35.5 Å². The van der Waals surface area contributed by atoms with Crippen LogP contribution in [0.4, 0.5) is 0 Å². The van der Waals surface area contributed by atoms with Crippen LogP contribution in [0.2, 0.25) is 0 Å². The van der Waals surface area contributed by atoms with Gasteiger partial charge in [-0.1, -0.05) is 117 Å². The van der Waals surface area contributed by atoms with Gasteiger partial charge in [-0.05, 0) is 12.8 Å². The maximum Gasteiger partial charge on any atom is 1.00 e. The Morgan fingerprint density at radius 1 is 0.541 bits per heavy atom. The van der Waals surface area contributed by atoms with E-state index in [1.54, 1.807) is 0 Å². The summed E-state index contributed by atoms with van der Waals surface area (Å²) >= 11 is 0. The molecule has 8 nitrogen and oxygen atoms in total. The summed E-state index contributed by atoms with van der Waals surface area (Å²) in [7, 11) is 0. The van der Waals surface area contributed by atoms with Crippen LogP contribution in [0.25, 0.3) is 0 Å². The van der Waals surface area contributed by atoms with Crippen LogP contribution in [0.15, 0.2) is 0 Å². The number of unbranched alkanes of at least 4 members (excludes halogenated alkanes) is 16. The third kappa shape index (κ3) is 39.5. The molecular weight excluding hydrogens is 483 g/mol. The van der Waals surface area contributed by atoms with Crippen LogP contribution in [0.3, 0.4) is 0 Å². The first-order chi connectivity index (χ1) is 17.3. The number of carbonyl (C=O) groups excluding carboxylic acids is 3. The molecule has 0 aliphatic carbocycles. The molecule has 0 rings (SSSR count). The second kappa shape index (κ2) is 32.9. The fraction of sp³-hybridized carbons (Fsp3) is 0.857. The molecule has 3 N–H and O–H groups in total. The standard InChI is InChI=1S/2C14H27NO3.Na/c2*1-2-3-4-5-6-7-8-9-10-11-13(16)15-12-14(17)18;/h2*2-12H2,1H3,(H,15,16)(H,17,18);/q;;+1/p-1. The maximum atomic E-state index is 11.2. The summed E-state index contributed by atoms with van der Waals surface area (Å²) in [6.45, 7) is 3.79. The molecule has 0 aromatic heterocycles. The van der Waals surface area contributed by atoms with Gasteiger partial charge in [0.2, 0.25) is 11.8 Å². The summed E-state index contributed by atoms with van der Waals surface area (Å²) in [4.78, 5) is 42.6. The minimum Gasteiger partial charge on any atom is -0.548 e. The molecule has 0 aromatic carbocycles. The molecule has 2 amide bonds. The van der Waals surface area contributed by atoms with Crippen molar-refractivity contribution >= 4 is 23.8 Å². The Labute approximate surface area is 247 Å². The molecule has 0 fully saturated rings. The van der Waals surface area contributed by atoms with E-state index in [1.165, 1.54) is 89.9 Å². The molecule has 37 heavy (non-hydrogen) atoms. The quantitative estimate of drug-likeness (QED) is 0.127.